The highest BCUT2D eigenvalue weighted by molar-refractivity contribution is 5.79. The lowest BCUT2D eigenvalue weighted by atomic mass is 9.71. The van der Waals surface area contributed by atoms with E-state index >= 15 is 0 Å². The molecule has 0 fully saturated rings. The number of nitrogens with zero attached hydrogens (tertiary/aromatic N) is 1. The van der Waals surface area contributed by atoms with Gasteiger partial charge in [-0.1, -0.05) is 37.6 Å². The van der Waals surface area contributed by atoms with E-state index in [-0.39, 0.29) is 5.41 Å². The molecular formula is C23H26N+. The second-order valence-electron chi connectivity index (χ2n) is 7.40. The summed E-state index contributed by atoms with van der Waals surface area (Å²) in [6.45, 7) is 10.1. The Bertz CT molecular complexity index is 932. The number of aryl methyl sites for hydroxylation is 2. The molecule has 1 aliphatic heterocycles. The van der Waals surface area contributed by atoms with E-state index in [0.29, 0.717) is 0 Å². The van der Waals surface area contributed by atoms with Gasteiger partial charge in [-0.05, 0) is 56.0 Å². The first kappa shape index (κ1) is 15.4. The lowest BCUT2D eigenvalue weighted by molar-refractivity contribution is -0.672. The average molecular weight is 316 g/mol. The molecule has 0 radical (unpaired) electrons. The molecule has 0 saturated carbocycles. The van der Waals surface area contributed by atoms with Gasteiger partial charge in [0.1, 0.15) is 0 Å². The molecule has 0 N–H and O–H groups in total. The fourth-order valence-electron chi connectivity index (χ4n) is 4.40. The van der Waals surface area contributed by atoms with Crippen LogP contribution in [0.5, 0.6) is 0 Å². The van der Waals surface area contributed by atoms with Crippen molar-refractivity contribution in [3.05, 3.63) is 65.2 Å². The Morgan fingerprint density at radius 2 is 1.54 bits per heavy atom. The van der Waals surface area contributed by atoms with Crippen LogP contribution in [-0.2, 0) is 12.0 Å². The summed E-state index contributed by atoms with van der Waals surface area (Å²) in [5, 5.41) is 1.33. The fourth-order valence-corrected chi connectivity index (χ4v) is 4.40. The monoisotopic (exact) mass is 316 g/mol. The van der Waals surface area contributed by atoms with Crippen molar-refractivity contribution >= 4 is 10.9 Å². The zero-order chi connectivity index (χ0) is 16.9. The summed E-state index contributed by atoms with van der Waals surface area (Å²) in [5.74, 6) is 0. The topological polar surface area (TPSA) is 3.88 Å². The van der Waals surface area contributed by atoms with Gasteiger partial charge in [0.2, 0.25) is 11.2 Å². The van der Waals surface area contributed by atoms with E-state index < -0.39 is 0 Å². The van der Waals surface area contributed by atoms with Crippen LogP contribution in [-0.4, -0.2) is 0 Å². The van der Waals surface area contributed by atoms with Gasteiger partial charge >= 0.3 is 0 Å². The first-order valence-corrected chi connectivity index (χ1v) is 9.13. The molecule has 0 spiro atoms. The normalized spacial score (nSPS) is 15.2. The maximum Gasteiger partial charge on any atom is 0.213 e. The minimum atomic E-state index is 0.235. The lowest BCUT2D eigenvalue weighted by Gasteiger charge is -2.35. The summed E-state index contributed by atoms with van der Waals surface area (Å²) in [7, 11) is 0. The van der Waals surface area contributed by atoms with Crippen molar-refractivity contribution < 1.29 is 4.57 Å². The SMILES string of the molecule is CCC1(CC)C[n+]2c(ccc3ccc(C)cc32)-c2cc(C)ccc21. The number of pyridine rings is 1. The van der Waals surface area contributed by atoms with Crippen molar-refractivity contribution in [2.24, 2.45) is 0 Å². The summed E-state index contributed by atoms with van der Waals surface area (Å²) in [5.41, 5.74) is 8.59. The lowest BCUT2D eigenvalue weighted by Crippen LogP contribution is -2.51. The summed E-state index contributed by atoms with van der Waals surface area (Å²) < 4.78 is 2.57. The molecular weight excluding hydrogens is 290 g/mol. The molecule has 2 heterocycles. The van der Waals surface area contributed by atoms with Crippen LogP contribution < -0.4 is 4.57 Å². The molecule has 0 atom stereocenters. The molecule has 0 amide bonds. The van der Waals surface area contributed by atoms with Crippen LogP contribution >= 0.6 is 0 Å². The van der Waals surface area contributed by atoms with Crippen LogP contribution in [0, 0.1) is 13.8 Å². The van der Waals surface area contributed by atoms with Crippen LogP contribution in [0.2, 0.25) is 0 Å². The van der Waals surface area contributed by atoms with Crippen LogP contribution in [0.4, 0.5) is 0 Å². The van der Waals surface area contributed by atoms with Gasteiger partial charge in [-0.25, -0.2) is 0 Å². The summed E-state index contributed by atoms with van der Waals surface area (Å²) >= 11 is 0. The van der Waals surface area contributed by atoms with E-state index in [9.17, 15) is 0 Å². The Kier molecular flexibility index (Phi) is 3.49. The fraction of sp³-hybridized carbons (Fsp3) is 0.348. The Labute approximate surface area is 145 Å². The minimum absolute atomic E-state index is 0.235. The van der Waals surface area contributed by atoms with Crippen molar-refractivity contribution in [1.29, 1.82) is 0 Å². The van der Waals surface area contributed by atoms with Crippen molar-refractivity contribution in [1.82, 2.24) is 0 Å². The molecule has 1 heteroatoms. The maximum absolute atomic E-state index is 2.57. The molecule has 0 saturated heterocycles. The second-order valence-corrected chi connectivity index (χ2v) is 7.40. The van der Waals surface area contributed by atoms with Gasteiger partial charge in [-0.3, -0.25) is 0 Å². The zero-order valence-corrected chi connectivity index (χ0v) is 15.2. The van der Waals surface area contributed by atoms with Crippen LogP contribution in [0.15, 0.2) is 48.5 Å². The second kappa shape index (κ2) is 5.44. The van der Waals surface area contributed by atoms with E-state index in [2.05, 4.69) is 80.8 Å². The smallest absolute Gasteiger partial charge is 0.190 e. The van der Waals surface area contributed by atoms with Gasteiger partial charge in [0, 0.05) is 17.5 Å². The third kappa shape index (κ3) is 2.11. The number of hydrogen-bond donors (Lipinski definition) is 0. The summed E-state index contributed by atoms with van der Waals surface area (Å²) in [6.07, 6.45) is 2.35. The third-order valence-electron chi connectivity index (χ3n) is 6.02. The Hall–Kier alpha value is -2.15. The predicted molar refractivity (Wildman–Crippen MR) is 101 cm³/mol. The largest absolute Gasteiger partial charge is 0.213 e. The Balaban J connectivity index is 2.10. The van der Waals surface area contributed by atoms with Crippen LogP contribution in [0.1, 0.15) is 43.4 Å². The molecule has 0 unspecified atom stereocenters. The van der Waals surface area contributed by atoms with Gasteiger partial charge in [0.15, 0.2) is 6.54 Å². The Morgan fingerprint density at radius 1 is 0.875 bits per heavy atom. The zero-order valence-electron chi connectivity index (χ0n) is 15.2. The molecule has 3 aromatic rings. The van der Waals surface area contributed by atoms with Gasteiger partial charge in [0.25, 0.3) is 0 Å². The van der Waals surface area contributed by atoms with E-state index in [1.165, 1.54) is 51.7 Å². The van der Waals surface area contributed by atoms with Crippen molar-refractivity contribution in [2.75, 3.05) is 0 Å². The van der Waals surface area contributed by atoms with Crippen molar-refractivity contribution in [2.45, 2.75) is 52.5 Å². The highest BCUT2D eigenvalue weighted by atomic mass is 15.0. The van der Waals surface area contributed by atoms with E-state index in [1.54, 1.807) is 0 Å². The van der Waals surface area contributed by atoms with Crippen molar-refractivity contribution in [3.63, 3.8) is 0 Å². The standard InChI is InChI=1S/C23H26N/c1-5-23(6-2)15-24-21(19-13-16(3)8-11-20(19)23)12-10-18-9-7-17(4)14-22(18)24/h7-14H,5-6,15H2,1-4H3/q+1. The number of aromatic nitrogens is 1. The third-order valence-corrected chi connectivity index (χ3v) is 6.02. The molecule has 1 aromatic heterocycles. The number of benzene rings is 2. The number of rotatable bonds is 2. The summed E-state index contributed by atoms with van der Waals surface area (Å²) in [4.78, 5) is 0. The molecule has 0 aliphatic carbocycles. The predicted octanol–water partition coefficient (Wildman–Crippen LogP) is 5.48. The highest BCUT2D eigenvalue weighted by Crippen LogP contribution is 2.42. The number of fused-ring (bicyclic) bond motifs is 5. The molecule has 4 rings (SSSR count). The van der Waals surface area contributed by atoms with Gasteiger partial charge in [-0.2, -0.15) is 4.57 Å². The summed E-state index contributed by atoms with van der Waals surface area (Å²) in [6, 6.07) is 18.4. The molecule has 122 valence electrons. The molecule has 2 aromatic carbocycles. The van der Waals surface area contributed by atoms with Crippen LogP contribution in [0.25, 0.3) is 22.2 Å². The first-order valence-electron chi connectivity index (χ1n) is 9.13. The highest BCUT2D eigenvalue weighted by Gasteiger charge is 2.42. The van der Waals surface area contributed by atoms with E-state index in [0.717, 1.165) is 6.54 Å². The quantitative estimate of drug-likeness (QED) is 0.551. The van der Waals surface area contributed by atoms with E-state index in [1.807, 2.05) is 0 Å². The van der Waals surface area contributed by atoms with Gasteiger partial charge < -0.3 is 0 Å². The molecule has 0 bridgehead atoms. The van der Waals surface area contributed by atoms with Gasteiger partial charge in [-0.15, -0.1) is 0 Å². The molecule has 1 nitrogen and oxygen atoms in total. The maximum atomic E-state index is 2.57. The number of hydrogen-bond acceptors (Lipinski definition) is 0. The van der Waals surface area contributed by atoms with Crippen LogP contribution in [0.3, 0.4) is 0 Å². The van der Waals surface area contributed by atoms with Crippen molar-refractivity contribution in [3.8, 4) is 11.3 Å². The van der Waals surface area contributed by atoms with E-state index in [4.69, 9.17) is 0 Å². The minimum Gasteiger partial charge on any atom is -0.190 e. The first-order chi connectivity index (χ1) is 11.6. The van der Waals surface area contributed by atoms with Gasteiger partial charge in [0.05, 0.1) is 11.0 Å². The molecule has 1 aliphatic rings. The Morgan fingerprint density at radius 3 is 2.29 bits per heavy atom. The average Bonchev–Trinajstić information content (AvgIpc) is 2.60. The molecule has 24 heavy (non-hydrogen) atoms.